The molecular formula is C12H11N3OS. The first kappa shape index (κ1) is 11.6. The fourth-order valence-corrected chi connectivity index (χ4v) is 2.17. The third kappa shape index (κ3) is 2.82. The van der Waals surface area contributed by atoms with E-state index in [1.807, 2.05) is 6.07 Å². The highest BCUT2D eigenvalue weighted by atomic mass is 32.2. The number of aromatic nitrogens is 2. The average molecular weight is 245 g/mol. The number of nitrogens with zero attached hydrogens (tertiary/aromatic N) is 2. The van der Waals surface area contributed by atoms with Crippen LogP contribution in [0.2, 0.25) is 0 Å². The predicted octanol–water partition coefficient (Wildman–Crippen LogP) is 2.41. The van der Waals surface area contributed by atoms with E-state index in [1.165, 1.54) is 18.7 Å². The van der Waals surface area contributed by atoms with Crippen LogP contribution in [0.15, 0.2) is 46.7 Å². The topological polar surface area (TPSA) is 68.9 Å². The van der Waals surface area contributed by atoms with Crippen LogP contribution >= 0.6 is 11.8 Å². The molecular weight excluding hydrogens is 234 g/mol. The van der Waals surface area contributed by atoms with Gasteiger partial charge in [-0.2, -0.15) is 0 Å². The van der Waals surface area contributed by atoms with E-state index in [0.717, 1.165) is 9.92 Å². The summed E-state index contributed by atoms with van der Waals surface area (Å²) < 4.78 is 0. The lowest BCUT2D eigenvalue weighted by Crippen LogP contribution is -1.99. The first-order chi connectivity index (χ1) is 8.16. The van der Waals surface area contributed by atoms with E-state index in [2.05, 4.69) is 9.97 Å². The number of ketones is 1. The highest BCUT2D eigenvalue weighted by Gasteiger charge is 2.06. The minimum Gasteiger partial charge on any atom is -0.398 e. The van der Waals surface area contributed by atoms with Crippen LogP contribution in [-0.4, -0.2) is 15.8 Å². The van der Waals surface area contributed by atoms with E-state index in [-0.39, 0.29) is 5.78 Å². The molecule has 0 spiro atoms. The Morgan fingerprint density at radius 1 is 1.35 bits per heavy atom. The van der Waals surface area contributed by atoms with Crippen LogP contribution in [0.3, 0.4) is 0 Å². The molecule has 86 valence electrons. The van der Waals surface area contributed by atoms with Crippen molar-refractivity contribution in [1.82, 2.24) is 9.97 Å². The number of carbonyl (C=O) groups excluding carboxylic acids is 1. The Hall–Kier alpha value is -1.88. The van der Waals surface area contributed by atoms with Crippen LogP contribution in [0.5, 0.6) is 0 Å². The fraction of sp³-hybridized carbons (Fsp3) is 0.0833. The summed E-state index contributed by atoms with van der Waals surface area (Å²) in [7, 11) is 0. The second kappa shape index (κ2) is 4.97. The smallest absolute Gasteiger partial charge is 0.161 e. The van der Waals surface area contributed by atoms with Gasteiger partial charge in [0.2, 0.25) is 0 Å². The number of Topliss-reactive ketones (excluding diaryl/α,β-unsaturated/α-hetero) is 1. The van der Waals surface area contributed by atoms with Crippen molar-refractivity contribution >= 4 is 23.2 Å². The Morgan fingerprint density at radius 3 is 2.76 bits per heavy atom. The number of nitrogen functional groups attached to an aromatic ring is 1. The molecule has 0 saturated heterocycles. The van der Waals surface area contributed by atoms with Gasteiger partial charge in [-0.1, -0.05) is 11.8 Å². The SMILES string of the molecule is CC(=O)c1ccc(Sc2cnccn2)cc1N. The number of nitrogens with two attached hydrogens (primary N) is 1. The van der Waals surface area contributed by atoms with Gasteiger partial charge in [-0.3, -0.25) is 9.78 Å². The highest BCUT2D eigenvalue weighted by molar-refractivity contribution is 7.99. The largest absolute Gasteiger partial charge is 0.398 e. The van der Waals surface area contributed by atoms with E-state index in [4.69, 9.17) is 5.73 Å². The number of carbonyl (C=O) groups is 1. The summed E-state index contributed by atoms with van der Waals surface area (Å²) in [5.41, 5.74) is 6.85. The summed E-state index contributed by atoms with van der Waals surface area (Å²) in [6.45, 7) is 1.50. The van der Waals surface area contributed by atoms with Crippen molar-refractivity contribution in [1.29, 1.82) is 0 Å². The maximum absolute atomic E-state index is 11.2. The van der Waals surface area contributed by atoms with Gasteiger partial charge in [-0.15, -0.1) is 0 Å². The molecule has 0 aliphatic carbocycles. The standard InChI is InChI=1S/C12H11N3OS/c1-8(16)10-3-2-9(6-11(10)13)17-12-7-14-4-5-15-12/h2-7H,13H2,1H3. The van der Waals surface area contributed by atoms with Gasteiger partial charge in [-0.25, -0.2) is 4.98 Å². The third-order valence-corrected chi connectivity index (χ3v) is 3.07. The van der Waals surface area contributed by atoms with Crippen molar-refractivity contribution < 1.29 is 4.79 Å². The summed E-state index contributed by atoms with van der Waals surface area (Å²) in [5.74, 6) is -0.0291. The zero-order chi connectivity index (χ0) is 12.3. The molecule has 1 aromatic carbocycles. The van der Waals surface area contributed by atoms with Crippen molar-refractivity contribution in [2.75, 3.05) is 5.73 Å². The Bertz CT molecular complexity index is 543. The molecule has 0 amide bonds. The Morgan fingerprint density at radius 2 is 2.18 bits per heavy atom. The summed E-state index contributed by atoms with van der Waals surface area (Å²) in [6.07, 6.45) is 4.94. The molecule has 1 aromatic heterocycles. The van der Waals surface area contributed by atoms with E-state index in [0.29, 0.717) is 11.3 Å². The molecule has 5 heteroatoms. The molecule has 0 bridgehead atoms. The third-order valence-electron chi connectivity index (χ3n) is 2.16. The molecule has 0 atom stereocenters. The lowest BCUT2D eigenvalue weighted by Gasteiger charge is -2.05. The number of hydrogen-bond donors (Lipinski definition) is 1. The van der Waals surface area contributed by atoms with E-state index in [1.54, 1.807) is 30.7 Å². The fourth-order valence-electron chi connectivity index (χ4n) is 1.38. The maximum Gasteiger partial charge on any atom is 0.161 e. The number of rotatable bonds is 3. The van der Waals surface area contributed by atoms with Gasteiger partial charge < -0.3 is 5.73 Å². The van der Waals surface area contributed by atoms with Crippen LogP contribution in [0.4, 0.5) is 5.69 Å². The summed E-state index contributed by atoms with van der Waals surface area (Å²) in [4.78, 5) is 20.3. The van der Waals surface area contributed by atoms with Crippen LogP contribution in [0.1, 0.15) is 17.3 Å². The van der Waals surface area contributed by atoms with Gasteiger partial charge >= 0.3 is 0 Å². The Kier molecular flexibility index (Phi) is 3.39. The summed E-state index contributed by atoms with van der Waals surface area (Å²) in [6, 6.07) is 5.36. The molecule has 2 aromatic rings. The van der Waals surface area contributed by atoms with Crippen LogP contribution in [-0.2, 0) is 0 Å². The molecule has 0 unspecified atom stereocenters. The van der Waals surface area contributed by atoms with Crippen molar-refractivity contribution in [2.24, 2.45) is 0 Å². The second-order valence-corrected chi connectivity index (χ2v) is 4.54. The van der Waals surface area contributed by atoms with Crippen molar-refractivity contribution in [3.05, 3.63) is 42.4 Å². The van der Waals surface area contributed by atoms with Gasteiger partial charge in [0.15, 0.2) is 5.78 Å². The Labute approximate surface area is 103 Å². The zero-order valence-electron chi connectivity index (χ0n) is 9.25. The minimum atomic E-state index is -0.0291. The van der Waals surface area contributed by atoms with E-state index >= 15 is 0 Å². The maximum atomic E-state index is 11.2. The molecule has 0 aliphatic rings. The van der Waals surface area contributed by atoms with E-state index in [9.17, 15) is 4.79 Å². The molecule has 17 heavy (non-hydrogen) atoms. The number of hydrogen-bond acceptors (Lipinski definition) is 5. The number of anilines is 1. The Balaban J connectivity index is 2.24. The van der Waals surface area contributed by atoms with Gasteiger partial charge in [0, 0.05) is 28.5 Å². The molecule has 4 nitrogen and oxygen atoms in total. The van der Waals surface area contributed by atoms with Gasteiger partial charge in [0.1, 0.15) is 5.03 Å². The van der Waals surface area contributed by atoms with Crippen LogP contribution in [0.25, 0.3) is 0 Å². The van der Waals surface area contributed by atoms with Gasteiger partial charge in [0.25, 0.3) is 0 Å². The molecule has 0 saturated carbocycles. The summed E-state index contributed by atoms with van der Waals surface area (Å²) >= 11 is 1.46. The first-order valence-electron chi connectivity index (χ1n) is 5.01. The predicted molar refractivity (Wildman–Crippen MR) is 67.0 cm³/mol. The monoisotopic (exact) mass is 245 g/mol. The number of benzene rings is 1. The molecule has 2 rings (SSSR count). The molecule has 1 heterocycles. The normalized spacial score (nSPS) is 10.2. The first-order valence-corrected chi connectivity index (χ1v) is 5.83. The zero-order valence-corrected chi connectivity index (χ0v) is 10.1. The van der Waals surface area contributed by atoms with Gasteiger partial charge in [0.05, 0.1) is 6.20 Å². The van der Waals surface area contributed by atoms with E-state index < -0.39 is 0 Å². The lowest BCUT2D eigenvalue weighted by atomic mass is 10.1. The van der Waals surface area contributed by atoms with Crippen LogP contribution < -0.4 is 5.73 Å². The van der Waals surface area contributed by atoms with Crippen molar-refractivity contribution in [3.8, 4) is 0 Å². The van der Waals surface area contributed by atoms with Crippen LogP contribution in [0, 0.1) is 0 Å². The van der Waals surface area contributed by atoms with Crippen molar-refractivity contribution in [2.45, 2.75) is 16.8 Å². The summed E-state index contributed by atoms with van der Waals surface area (Å²) in [5, 5.41) is 0.794. The van der Waals surface area contributed by atoms with Crippen molar-refractivity contribution in [3.63, 3.8) is 0 Å². The minimum absolute atomic E-state index is 0.0291. The molecule has 0 aliphatic heterocycles. The van der Waals surface area contributed by atoms with Gasteiger partial charge in [-0.05, 0) is 25.1 Å². The lowest BCUT2D eigenvalue weighted by molar-refractivity contribution is 0.101. The second-order valence-electron chi connectivity index (χ2n) is 3.45. The quantitative estimate of drug-likeness (QED) is 0.664. The molecule has 2 N–H and O–H groups in total. The molecule has 0 radical (unpaired) electrons. The highest BCUT2D eigenvalue weighted by Crippen LogP contribution is 2.28. The molecule has 0 fully saturated rings. The average Bonchev–Trinajstić information content (AvgIpc) is 2.30.